The number of nitrogens with zero attached hydrogens (tertiary/aromatic N) is 2. The lowest BCUT2D eigenvalue weighted by Crippen LogP contribution is -2.18. The maximum absolute atomic E-state index is 13.9. The van der Waals surface area contributed by atoms with E-state index in [9.17, 15) is 14.3 Å². The molecule has 0 bridgehead atoms. The molecule has 4 N–H and O–H groups in total. The maximum atomic E-state index is 13.9. The van der Waals surface area contributed by atoms with Crippen molar-refractivity contribution in [2.75, 3.05) is 5.73 Å². The van der Waals surface area contributed by atoms with E-state index in [1.165, 1.54) is 12.1 Å². The van der Waals surface area contributed by atoms with Crippen molar-refractivity contribution in [3.05, 3.63) is 41.5 Å². The highest BCUT2D eigenvalue weighted by Crippen LogP contribution is 2.33. The molecule has 6 nitrogen and oxygen atoms in total. The minimum atomic E-state index is -1.33. The summed E-state index contributed by atoms with van der Waals surface area (Å²) in [6.07, 6.45) is 4.41. The second-order valence-electron chi connectivity index (χ2n) is 6.03. The molecule has 0 amide bonds. The molecule has 2 aromatic rings. The normalized spacial score (nSPS) is 20.8. The van der Waals surface area contributed by atoms with Gasteiger partial charge in [-0.15, -0.1) is 0 Å². The quantitative estimate of drug-likeness (QED) is 0.797. The molecule has 0 unspecified atom stereocenters. The molecule has 1 aliphatic rings. The average Bonchev–Trinajstić information content (AvgIpc) is 2.55. The van der Waals surface area contributed by atoms with Gasteiger partial charge in [0, 0.05) is 11.5 Å². The van der Waals surface area contributed by atoms with Crippen LogP contribution in [0.3, 0.4) is 0 Å². The number of rotatable bonds is 3. The fourth-order valence-electron chi connectivity index (χ4n) is 3.03. The molecule has 1 aromatic heterocycles. The molecule has 0 spiro atoms. The smallest absolute Gasteiger partial charge is 0.338 e. The maximum Gasteiger partial charge on any atom is 0.338 e. The fourth-order valence-corrected chi connectivity index (χ4v) is 3.03. The first kappa shape index (κ1) is 16.3. The van der Waals surface area contributed by atoms with Gasteiger partial charge in [-0.2, -0.15) is 0 Å². The Hall–Kier alpha value is -2.54. The molecular weight excluding hydrogens is 313 g/mol. The van der Waals surface area contributed by atoms with Crippen LogP contribution in [-0.4, -0.2) is 32.3 Å². The second kappa shape index (κ2) is 6.52. The molecule has 7 heteroatoms. The lowest BCUT2D eigenvalue weighted by molar-refractivity contribution is 0.0692. The zero-order valence-electron chi connectivity index (χ0n) is 12.9. The van der Waals surface area contributed by atoms with E-state index in [2.05, 4.69) is 9.97 Å². The van der Waals surface area contributed by atoms with Crippen LogP contribution >= 0.6 is 0 Å². The van der Waals surface area contributed by atoms with Crippen LogP contribution in [0.4, 0.5) is 10.2 Å². The van der Waals surface area contributed by atoms with Gasteiger partial charge in [-0.25, -0.2) is 19.2 Å². The summed E-state index contributed by atoms with van der Waals surface area (Å²) in [5.41, 5.74) is 6.96. The van der Waals surface area contributed by atoms with Crippen molar-refractivity contribution in [3.63, 3.8) is 0 Å². The summed E-state index contributed by atoms with van der Waals surface area (Å²) in [5.74, 6) is -1.82. The molecule has 0 atom stereocenters. The second-order valence-corrected chi connectivity index (χ2v) is 6.03. The Kier molecular flexibility index (Phi) is 4.44. The van der Waals surface area contributed by atoms with E-state index in [1.807, 2.05) is 0 Å². The number of halogens is 1. The number of benzene rings is 1. The highest BCUT2D eigenvalue weighted by molar-refractivity contribution is 5.88. The first-order valence-corrected chi connectivity index (χ1v) is 7.79. The number of aliphatic hydroxyl groups excluding tert-OH is 1. The molecular formula is C17H18FN3O3. The minimum absolute atomic E-state index is 0.164. The van der Waals surface area contributed by atoms with Gasteiger partial charge in [-0.1, -0.05) is 6.07 Å². The predicted molar refractivity (Wildman–Crippen MR) is 86.0 cm³/mol. The molecule has 1 heterocycles. The zero-order valence-corrected chi connectivity index (χ0v) is 12.9. The van der Waals surface area contributed by atoms with Crippen molar-refractivity contribution in [3.8, 4) is 11.3 Å². The van der Waals surface area contributed by atoms with Crippen molar-refractivity contribution in [2.24, 2.45) is 0 Å². The van der Waals surface area contributed by atoms with Crippen LogP contribution in [0.5, 0.6) is 0 Å². The van der Waals surface area contributed by atoms with Crippen molar-refractivity contribution in [1.82, 2.24) is 9.97 Å². The number of anilines is 1. The van der Waals surface area contributed by atoms with Gasteiger partial charge in [0.15, 0.2) is 0 Å². The minimum Gasteiger partial charge on any atom is -0.478 e. The number of carboxylic acids is 1. The van der Waals surface area contributed by atoms with Gasteiger partial charge < -0.3 is 15.9 Å². The molecule has 1 aliphatic carbocycles. The third-order valence-electron chi connectivity index (χ3n) is 4.41. The first-order valence-electron chi connectivity index (χ1n) is 7.79. The number of aromatic carboxylic acids is 1. The number of aromatic nitrogens is 2. The molecule has 1 aromatic carbocycles. The van der Waals surface area contributed by atoms with Crippen molar-refractivity contribution < 1.29 is 19.4 Å². The van der Waals surface area contributed by atoms with Crippen LogP contribution in [0, 0.1) is 5.82 Å². The Morgan fingerprint density at radius 2 is 1.96 bits per heavy atom. The highest BCUT2D eigenvalue weighted by atomic mass is 19.1. The lowest BCUT2D eigenvalue weighted by Gasteiger charge is -2.25. The SMILES string of the molecule is Nc1ncc(C2CCC(O)CC2)nc1-c1ccc(C(=O)O)c(F)c1. The fraction of sp³-hybridized carbons (Fsp3) is 0.353. The number of hydrogen-bond donors (Lipinski definition) is 3. The Morgan fingerprint density at radius 1 is 1.25 bits per heavy atom. The third kappa shape index (κ3) is 3.21. The van der Waals surface area contributed by atoms with Crippen LogP contribution in [0.1, 0.15) is 47.7 Å². The van der Waals surface area contributed by atoms with E-state index < -0.39 is 17.3 Å². The summed E-state index contributed by atoms with van der Waals surface area (Å²) in [6.45, 7) is 0. The van der Waals surface area contributed by atoms with E-state index in [0.29, 0.717) is 24.1 Å². The molecule has 3 rings (SSSR count). The Balaban J connectivity index is 1.94. The van der Waals surface area contributed by atoms with Gasteiger partial charge in [0.25, 0.3) is 0 Å². The molecule has 0 aliphatic heterocycles. The molecule has 0 radical (unpaired) electrons. The Morgan fingerprint density at radius 3 is 2.58 bits per heavy atom. The van der Waals surface area contributed by atoms with Gasteiger partial charge in [-0.3, -0.25) is 0 Å². The summed E-state index contributed by atoms with van der Waals surface area (Å²) in [4.78, 5) is 19.6. The standard InChI is InChI=1S/C17H18FN3O3/c18-13-7-10(3-6-12(13)17(23)24)15-16(19)20-8-14(21-15)9-1-4-11(22)5-2-9/h3,6-9,11,22H,1-2,4-5H2,(H2,19,20)(H,23,24). The predicted octanol–water partition coefficient (Wildman–Crippen LogP) is 2.58. The van der Waals surface area contributed by atoms with Crippen molar-refractivity contribution >= 4 is 11.8 Å². The molecule has 1 saturated carbocycles. The van der Waals surface area contributed by atoms with Gasteiger partial charge >= 0.3 is 5.97 Å². The number of aliphatic hydroxyl groups is 1. The number of nitrogens with two attached hydrogens (primary N) is 1. The zero-order chi connectivity index (χ0) is 17.3. The number of nitrogen functional groups attached to an aromatic ring is 1. The highest BCUT2D eigenvalue weighted by Gasteiger charge is 2.23. The van der Waals surface area contributed by atoms with E-state index >= 15 is 0 Å². The molecule has 126 valence electrons. The van der Waals surface area contributed by atoms with Crippen molar-refractivity contribution in [2.45, 2.75) is 37.7 Å². The number of carbonyl (C=O) groups is 1. The lowest BCUT2D eigenvalue weighted by atomic mass is 9.85. The summed E-state index contributed by atoms with van der Waals surface area (Å²) >= 11 is 0. The van der Waals surface area contributed by atoms with Crippen molar-refractivity contribution in [1.29, 1.82) is 0 Å². The number of carboxylic acid groups (broad SMARTS) is 1. The third-order valence-corrected chi connectivity index (χ3v) is 4.41. The summed E-state index contributed by atoms with van der Waals surface area (Å²) in [7, 11) is 0. The topological polar surface area (TPSA) is 109 Å². The van der Waals surface area contributed by atoms with Crippen LogP contribution in [0.2, 0.25) is 0 Å². The summed E-state index contributed by atoms with van der Waals surface area (Å²) < 4.78 is 13.9. The van der Waals surface area contributed by atoms with Gasteiger partial charge in [0.2, 0.25) is 0 Å². The van der Waals surface area contributed by atoms with Gasteiger partial charge in [0.1, 0.15) is 17.3 Å². The largest absolute Gasteiger partial charge is 0.478 e. The summed E-state index contributed by atoms with van der Waals surface area (Å²) in [6, 6.07) is 3.78. The van der Waals surface area contributed by atoms with E-state index in [0.717, 1.165) is 24.6 Å². The first-order chi connectivity index (χ1) is 11.5. The van der Waals surface area contributed by atoms with E-state index in [4.69, 9.17) is 10.8 Å². The van der Waals surface area contributed by atoms with Crippen LogP contribution in [-0.2, 0) is 0 Å². The van der Waals surface area contributed by atoms with E-state index in [1.54, 1.807) is 6.20 Å². The molecule has 24 heavy (non-hydrogen) atoms. The summed E-state index contributed by atoms with van der Waals surface area (Å²) in [5, 5.41) is 18.5. The van der Waals surface area contributed by atoms with Crippen LogP contribution in [0.25, 0.3) is 11.3 Å². The van der Waals surface area contributed by atoms with Gasteiger partial charge in [0.05, 0.1) is 23.6 Å². The van der Waals surface area contributed by atoms with Crippen LogP contribution in [0.15, 0.2) is 24.4 Å². The average molecular weight is 331 g/mol. The van der Waals surface area contributed by atoms with Crippen LogP contribution < -0.4 is 5.73 Å². The Bertz CT molecular complexity index is 774. The van der Waals surface area contributed by atoms with Gasteiger partial charge in [-0.05, 0) is 37.8 Å². The monoisotopic (exact) mass is 331 g/mol. The number of hydrogen-bond acceptors (Lipinski definition) is 5. The molecule has 0 saturated heterocycles. The Labute approximate surface area is 138 Å². The van der Waals surface area contributed by atoms with E-state index in [-0.39, 0.29) is 17.8 Å². The molecule has 1 fully saturated rings.